The molecule has 0 aromatic heterocycles. The number of ether oxygens (including phenoxy) is 1. The Balaban J connectivity index is 3.41. The highest BCUT2D eigenvalue weighted by Crippen LogP contribution is 2.24. The van der Waals surface area contributed by atoms with Gasteiger partial charge in [-0.25, -0.2) is 8.78 Å². The van der Waals surface area contributed by atoms with Gasteiger partial charge in [0.15, 0.2) is 11.6 Å². The van der Waals surface area contributed by atoms with Crippen molar-refractivity contribution in [2.24, 2.45) is 0 Å². The van der Waals surface area contributed by atoms with E-state index in [1.165, 1.54) is 19.2 Å². The monoisotopic (exact) mass is 220 g/mol. The van der Waals surface area contributed by atoms with E-state index in [0.29, 0.717) is 0 Å². The van der Waals surface area contributed by atoms with Crippen LogP contribution in [0.5, 0.6) is 5.75 Å². The molecule has 0 N–H and O–H groups in total. The van der Waals surface area contributed by atoms with Crippen molar-refractivity contribution in [3.8, 4) is 17.9 Å². The Labute approximate surface area is 90.8 Å². The molecule has 0 bridgehead atoms. The number of hydrogen-bond acceptors (Lipinski definition) is 3. The summed E-state index contributed by atoms with van der Waals surface area (Å²) in [5.74, 6) is -1.95. The molecule has 5 heteroatoms. The molecule has 0 aliphatic rings. The molecule has 3 nitrogen and oxygen atoms in total. The van der Waals surface area contributed by atoms with E-state index in [2.05, 4.69) is 4.74 Å². The van der Waals surface area contributed by atoms with E-state index in [1.807, 2.05) is 0 Å². The highest BCUT2D eigenvalue weighted by Gasteiger charge is 2.13. The zero-order valence-corrected chi connectivity index (χ0v) is 8.29. The topological polar surface area (TPSA) is 56.8 Å². The van der Waals surface area contributed by atoms with Crippen LogP contribution < -0.4 is 4.74 Å². The van der Waals surface area contributed by atoms with Crippen LogP contribution in [0.1, 0.15) is 5.56 Å². The number of hydrogen-bond donors (Lipinski definition) is 0. The molecule has 0 saturated heterocycles. The van der Waals surface area contributed by atoms with Gasteiger partial charge in [-0.15, -0.1) is 0 Å². The molecular formula is C11H6F2N2O. The molecule has 0 unspecified atom stereocenters. The second-order valence-corrected chi connectivity index (χ2v) is 2.76. The lowest BCUT2D eigenvalue weighted by atomic mass is 10.1. The minimum absolute atomic E-state index is 0.150. The number of halogens is 2. The molecule has 0 aliphatic carbocycles. The minimum atomic E-state index is -0.939. The van der Waals surface area contributed by atoms with Crippen molar-refractivity contribution < 1.29 is 13.5 Å². The summed E-state index contributed by atoms with van der Waals surface area (Å²) in [6.07, 6.45) is 0.840. The van der Waals surface area contributed by atoms with Gasteiger partial charge in [-0.3, -0.25) is 0 Å². The Morgan fingerprint density at radius 2 is 1.94 bits per heavy atom. The third-order valence-corrected chi connectivity index (χ3v) is 1.84. The number of allylic oxidation sites excluding steroid dienone is 1. The van der Waals surface area contributed by atoms with E-state index >= 15 is 0 Å². The number of benzene rings is 1. The van der Waals surface area contributed by atoms with Crippen LogP contribution in [0, 0.1) is 34.3 Å². The van der Waals surface area contributed by atoms with Crippen LogP contribution in [0.25, 0.3) is 6.08 Å². The average Bonchev–Trinajstić information content (AvgIpc) is 2.30. The third-order valence-electron chi connectivity index (χ3n) is 1.84. The molecule has 0 atom stereocenters. The fraction of sp³-hybridized carbons (Fsp3) is 0.0909. The first-order valence-corrected chi connectivity index (χ1v) is 4.18. The van der Waals surface area contributed by atoms with E-state index in [-0.39, 0.29) is 11.3 Å². The predicted molar refractivity (Wildman–Crippen MR) is 52.1 cm³/mol. The van der Waals surface area contributed by atoms with Crippen LogP contribution >= 0.6 is 0 Å². The zero-order chi connectivity index (χ0) is 12.1. The maximum atomic E-state index is 13.5. The van der Waals surface area contributed by atoms with Gasteiger partial charge >= 0.3 is 0 Å². The van der Waals surface area contributed by atoms with Gasteiger partial charge in [0.25, 0.3) is 0 Å². The summed E-state index contributed by atoms with van der Waals surface area (Å²) < 4.78 is 31.4. The largest absolute Gasteiger partial charge is 0.494 e. The van der Waals surface area contributed by atoms with E-state index < -0.39 is 17.2 Å². The molecule has 0 amide bonds. The van der Waals surface area contributed by atoms with Crippen molar-refractivity contribution in [3.05, 3.63) is 34.9 Å². The van der Waals surface area contributed by atoms with Gasteiger partial charge in [0.1, 0.15) is 23.5 Å². The van der Waals surface area contributed by atoms with Crippen molar-refractivity contribution >= 4 is 6.08 Å². The van der Waals surface area contributed by atoms with Crippen LogP contribution in [0.3, 0.4) is 0 Å². The molecule has 0 spiro atoms. The number of nitriles is 2. The summed E-state index contributed by atoms with van der Waals surface area (Å²) in [6.45, 7) is 0. The number of rotatable bonds is 2. The maximum Gasteiger partial charge on any atom is 0.175 e. The lowest BCUT2D eigenvalue weighted by molar-refractivity contribution is 0.383. The van der Waals surface area contributed by atoms with Crippen LogP contribution in [0.15, 0.2) is 17.7 Å². The predicted octanol–water partition coefficient (Wildman–Crippen LogP) is 2.40. The van der Waals surface area contributed by atoms with Gasteiger partial charge in [0, 0.05) is 0 Å². The first kappa shape index (κ1) is 11.7. The number of methoxy groups -OCH3 is 1. The number of nitrogens with zero attached hydrogens (tertiary/aromatic N) is 2. The Morgan fingerprint density at radius 1 is 1.31 bits per heavy atom. The van der Waals surface area contributed by atoms with E-state index in [9.17, 15) is 8.78 Å². The second-order valence-electron chi connectivity index (χ2n) is 2.76. The van der Waals surface area contributed by atoms with E-state index in [0.717, 1.165) is 18.2 Å². The zero-order valence-electron chi connectivity index (χ0n) is 8.29. The molecule has 16 heavy (non-hydrogen) atoms. The SMILES string of the molecule is COc1ccc(F)c(C=C(C#N)C#N)c1F. The molecule has 0 heterocycles. The molecule has 80 valence electrons. The summed E-state index contributed by atoms with van der Waals surface area (Å²) in [6, 6.07) is 5.16. The Kier molecular flexibility index (Phi) is 3.58. The standard InChI is InChI=1S/C11H6F2N2O/c1-16-10-3-2-9(12)8(11(10)13)4-7(5-14)6-15/h2-4H,1H3. The van der Waals surface area contributed by atoms with Crippen LogP contribution in [0.4, 0.5) is 8.78 Å². The van der Waals surface area contributed by atoms with Crippen molar-refractivity contribution in [2.45, 2.75) is 0 Å². The van der Waals surface area contributed by atoms with Gasteiger partial charge in [0.05, 0.1) is 12.7 Å². The van der Waals surface area contributed by atoms with Crippen molar-refractivity contribution in [3.63, 3.8) is 0 Å². The molecule has 0 saturated carbocycles. The van der Waals surface area contributed by atoms with E-state index in [4.69, 9.17) is 10.5 Å². The molecule has 1 aromatic carbocycles. The Bertz CT molecular complexity index is 508. The molecule has 0 radical (unpaired) electrons. The van der Waals surface area contributed by atoms with Gasteiger partial charge in [-0.1, -0.05) is 0 Å². The van der Waals surface area contributed by atoms with Crippen molar-refractivity contribution in [1.29, 1.82) is 10.5 Å². The average molecular weight is 220 g/mol. The molecular weight excluding hydrogens is 214 g/mol. The third kappa shape index (κ3) is 2.15. The molecule has 1 rings (SSSR count). The first-order valence-electron chi connectivity index (χ1n) is 4.18. The summed E-state index contributed by atoms with van der Waals surface area (Å²) in [5.41, 5.74) is -0.844. The highest BCUT2D eigenvalue weighted by molar-refractivity contribution is 5.64. The smallest absolute Gasteiger partial charge is 0.175 e. The van der Waals surface area contributed by atoms with Gasteiger partial charge in [-0.2, -0.15) is 10.5 Å². The summed E-state index contributed by atoms with van der Waals surface area (Å²) in [5, 5.41) is 17.0. The van der Waals surface area contributed by atoms with Gasteiger partial charge in [-0.05, 0) is 18.2 Å². The summed E-state index contributed by atoms with van der Waals surface area (Å²) in [4.78, 5) is 0. The summed E-state index contributed by atoms with van der Waals surface area (Å²) >= 11 is 0. The minimum Gasteiger partial charge on any atom is -0.494 e. The van der Waals surface area contributed by atoms with Crippen LogP contribution in [-0.2, 0) is 0 Å². The highest BCUT2D eigenvalue weighted by atomic mass is 19.1. The molecule has 1 aromatic rings. The van der Waals surface area contributed by atoms with Crippen LogP contribution in [0.2, 0.25) is 0 Å². The van der Waals surface area contributed by atoms with Gasteiger partial charge < -0.3 is 4.74 Å². The normalized spacial score (nSPS) is 8.81. The van der Waals surface area contributed by atoms with Crippen LogP contribution in [-0.4, -0.2) is 7.11 Å². The molecule has 0 fully saturated rings. The fourth-order valence-electron chi connectivity index (χ4n) is 1.07. The van der Waals surface area contributed by atoms with Crippen molar-refractivity contribution in [1.82, 2.24) is 0 Å². The van der Waals surface area contributed by atoms with E-state index in [1.54, 1.807) is 0 Å². The molecule has 0 aliphatic heterocycles. The lowest BCUT2D eigenvalue weighted by Crippen LogP contribution is -1.95. The second kappa shape index (κ2) is 4.90. The lowest BCUT2D eigenvalue weighted by Gasteiger charge is -2.04. The maximum absolute atomic E-state index is 13.5. The Hall–Kier alpha value is -2.40. The fourth-order valence-corrected chi connectivity index (χ4v) is 1.07. The Morgan fingerprint density at radius 3 is 2.44 bits per heavy atom. The first-order chi connectivity index (χ1) is 7.63. The summed E-state index contributed by atoms with van der Waals surface area (Å²) in [7, 11) is 1.24. The quantitative estimate of drug-likeness (QED) is 0.719. The van der Waals surface area contributed by atoms with Crippen molar-refractivity contribution in [2.75, 3.05) is 7.11 Å². The van der Waals surface area contributed by atoms with Gasteiger partial charge in [0.2, 0.25) is 0 Å².